The molecule has 0 fully saturated rings. The first-order chi connectivity index (χ1) is 8.18. The first-order valence-electron chi connectivity index (χ1n) is 5.38. The molecule has 88 valence electrons. The number of rotatable bonds is 3. The molecule has 0 saturated carbocycles. The van der Waals surface area contributed by atoms with Gasteiger partial charge in [0.05, 0.1) is 6.10 Å². The van der Waals surface area contributed by atoms with Gasteiger partial charge in [0.25, 0.3) is 0 Å². The van der Waals surface area contributed by atoms with Gasteiger partial charge in [-0.3, -0.25) is 0 Å². The molecule has 0 unspecified atom stereocenters. The molecule has 0 aliphatic heterocycles. The van der Waals surface area contributed by atoms with E-state index in [4.69, 9.17) is 4.74 Å². The van der Waals surface area contributed by atoms with Gasteiger partial charge in [0, 0.05) is 5.56 Å². The Balaban J connectivity index is 2.38. The highest BCUT2D eigenvalue weighted by Gasteiger charge is 2.14. The molecule has 0 saturated heterocycles. The maximum Gasteiger partial charge on any atom is 0.168 e. The van der Waals surface area contributed by atoms with Crippen LogP contribution in [0.25, 0.3) is 0 Å². The molecule has 17 heavy (non-hydrogen) atoms. The Bertz CT molecular complexity index is 495. The molecule has 0 spiro atoms. The number of hydrogen-bond acceptors (Lipinski definition) is 2. The normalized spacial score (nSPS) is 12.2. The van der Waals surface area contributed by atoms with Crippen molar-refractivity contribution >= 4 is 0 Å². The van der Waals surface area contributed by atoms with E-state index >= 15 is 0 Å². The van der Waals surface area contributed by atoms with Gasteiger partial charge >= 0.3 is 0 Å². The minimum absolute atomic E-state index is 0.0775. The predicted octanol–water partition coefficient (Wildman–Crippen LogP) is 3.67. The van der Waals surface area contributed by atoms with Crippen LogP contribution in [0.2, 0.25) is 0 Å². The minimum atomic E-state index is -0.774. The van der Waals surface area contributed by atoms with E-state index in [1.54, 1.807) is 43.3 Å². The molecule has 0 aliphatic carbocycles. The Morgan fingerprint density at radius 3 is 2.41 bits per heavy atom. The van der Waals surface area contributed by atoms with Crippen LogP contribution in [0.15, 0.2) is 48.5 Å². The van der Waals surface area contributed by atoms with Gasteiger partial charge in [-0.25, -0.2) is 4.39 Å². The van der Waals surface area contributed by atoms with Gasteiger partial charge in [0.15, 0.2) is 11.6 Å². The van der Waals surface area contributed by atoms with E-state index in [1.165, 1.54) is 6.07 Å². The highest BCUT2D eigenvalue weighted by atomic mass is 19.1. The lowest BCUT2D eigenvalue weighted by Crippen LogP contribution is -1.98. The van der Waals surface area contributed by atoms with Crippen LogP contribution in [0.1, 0.15) is 18.6 Å². The summed E-state index contributed by atoms with van der Waals surface area (Å²) in [7, 11) is 0. The standard InChI is InChI=1S/C14H13FO2/c1-10(16)12-8-5-9-13(15)14(12)17-11-6-3-2-4-7-11/h2-10,16H,1H3/t10-/m1/s1. The molecule has 0 radical (unpaired) electrons. The average molecular weight is 232 g/mol. The third-order valence-corrected chi connectivity index (χ3v) is 2.41. The highest BCUT2D eigenvalue weighted by Crippen LogP contribution is 2.31. The summed E-state index contributed by atoms with van der Waals surface area (Å²) in [6, 6.07) is 13.4. The Kier molecular flexibility index (Phi) is 3.40. The van der Waals surface area contributed by atoms with Gasteiger partial charge < -0.3 is 9.84 Å². The van der Waals surface area contributed by atoms with E-state index in [2.05, 4.69) is 0 Å². The van der Waals surface area contributed by atoms with Crippen LogP contribution in [-0.2, 0) is 0 Å². The fourth-order valence-corrected chi connectivity index (χ4v) is 1.57. The van der Waals surface area contributed by atoms with E-state index < -0.39 is 11.9 Å². The number of para-hydroxylation sites is 2. The quantitative estimate of drug-likeness (QED) is 0.874. The van der Waals surface area contributed by atoms with Crippen molar-refractivity contribution in [2.24, 2.45) is 0 Å². The molecular weight excluding hydrogens is 219 g/mol. The molecule has 3 heteroatoms. The maximum atomic E-state index is 13.7. The van der Waals surface area contributed by atoms with E-state index in [0.29, 0.717) is 11.3 Å². The molecule has 2 rings (SSSR count). The number of ether oxygens (including phenoxy) is 1. The summed E-state index contributed by atoms with van der Waals surface area (Å²) < 4.78 is 19.1. The second-order valence-corrected chi connectivity index (χ2v) is 3.75. The van der Waals surface area contributed by atoms with Crippen LogP contribution < -0.4 is 4.74 Å². The van der Waals surface area contributed by atoms with Crippen LogP contribution in [0.5, 0.6) is 11.5 Å². The SMILES string of the molecule is C[C@@H](O)c1cccc(F)c1Oc1ccccc1. The molecule has 0 aromatic heterocycles. The van der Waals surface area contributed by atoms with Gasteiger partial charge in [0.1, 0.15) is 5.75 Å². The lowest BCUT2D eigenvalue weighted by atomic mass is 10.1. The molecule has 2 nitrogen and oxygen atoms in total. The lowest BCUT2D eigenvalue weighted by Gasteiger charge is -2.13. The summed E-state index contributed by atoms with van der Waals surface area (Å²) in [6.45, 7) is 1.58. The third-order valence-electron chi connectivity index (χ3n) is 2.41. The van der Waals surface area contributed by atoms with Crippen LogP contribution in [0, 0.1) is 5.82 Å². The van der Waals surface area contributed by atoms with Crippen molar-refractivity contribution in [3.8, 4) is 11.5 Å². The molecule has 1 atom stereocenters. The van der Waals surface area contributed by atoms with Crippen molar-refractivity contribution < 1.29 is 14.2 Å². The Hall–Kier alpha value is -1.87. The largest absolute Gasteiger partial charge is 0.454 e. The zero-order valence-electron chi connectivity index (χ0n) is 9.43. The predicted molar refractivity (Wildman–Crippen MR) is 63.5 cm³/mol. The molecule has 0 bridgehead atoms. The van der Waals surface area contributed by atoms with Gasteiger partial charge in [-0.05, 0) is 25.1 Å². The van der Waals surface area contributed by atoms with Crippen molar-refractivity contribution in [2.75, 3.05) is 0 Å². The second kappa shape index (κ2) is 4.97. The maximum absolute atomic E-state index is 13.7. The summed E-state index contributed by atoms with van der Waals surface area (Å²) in [5, 5.41) is 9.56. The molecule has 1 N–H and O–H groups in total. The Labute approximate surface area is 99.3 Å². The highest BCUT2D eigenvalue weighted by molar-refractivity contribution is 5.40. The average Bonchev–Trinajstić information content (AvgIpc) is 2.33. The van der Waals surface area contributed by atoms with E-state index in [9.17, 15) is 9.50 Å². The van der Waals surface area contributed by atoms with Crippen molar-refractivity contribution in [3.63, 3.8) is 0 Å². The smallest absolute Gasteiger partial charge is 0.168 e. The van der Waals surface area contributed by atoms with Crippen molar-refractivity contribution in [3.05, 3.63) is 59.9 Å². The molecule has 2 aromatic carbocycles. The summed E-state index contributed by atoms with van der Waals surface area (Å²) in [5.74, 6) is 0.139. The van der Waals surface area contributed by atoms with Crippen molar-refractivity contribution in [2.45, 2.75) is 13.0 Å². The number of benzene rings is 2. The first-order valence-corrected chi connectivity index (χ1v) is 5.38. The number of halogens is 1. The summed E-state index contributed by atoms with van der Waals surface area (Å²) in [5.41, 5.74) is 0.439. The van der Waals surface area contributed by atoms with E-state index in [1.807, 2.05) is 6.07 Å². The molecule has 0 aliphatic rings. The van der Waals surface area contributed by atoms with Crippen LogP contribution in [-0.4, -0.2) is 5.11 Å². The zero-order chi connectivity index (χ0) is 12.3. The summed E-state index contributed by atoms with van der Waals surface area (Å²) in [6.07, 6.45) is -0.774. The van der Waals surface area contributed by atoms with E-state index in [0.717, 1.165) is 0 Å². The van der Waals surface area contributed by atoms with Gasteiger partial charge in [-0.2, -0.15) is 0 Å². The second-order valence-electron chi connectivity index (χ2n) is 3.75. The minimum Gasteiger partial charge on any atom is -0.454 e. The zero-order valence-corrected chi connectivity index (χ0v) is 9.43. The summed E-state index contributed by atoms with van der Waals surface area (Å²) >= 11 is 0. The fraction of sp³-hybridized carbons (Fsp3) is 0.143. The molecule has 0 amide bonds. The Morgan fingerprint density at radius 1 is 1.06 bits per heavy atom. The van der Waals surface area contributed by atoms with Crippen LogP contribution in [0.3, 0.4) is 0 Å². The topological polar surface area (TPSA) is 29.5 Å². The number of hydrogen-bond donors (Lipinski definition) is 1. The first kappa shape index (κ1) is 11.6. The molecule has 0 heterocycles. The van der Waals surface area contributed by atoms with Gasteiger partial charge in [-0.1, -0.05) is 30.3 Å². The van der Waals surface area contributed by atoms with Crippen LogP contribution >= 0.6 is 0 Å². The Morgan fingerprint density at radius 2 is 1.76 bits per heavy atom. The van der Waals surface area contributed by atoms with Gasteiger partial charge in [-0.15, -0.1) is 0 Å². The van der Waals surface area contributed by atoms with Crippen molar-refractivity contribution in [1.82, 2.24) is 0 Å². The number of aliphatic hydroxyl groups is 1. The van der Waals surface area contributed by atoms with Gasteiger partial charge in [0.2, 0.25) is 0 Å². The van der Waals surface area contributed by atoms with E-state index in [-0.39, 0.29) is 5.75 Å². The van der Waals surface area contributed by atoms with Crippen molar-refractivity contribution in [1.29, 1.82) is 0 Å². The fourth-order valence-electron chi connectivity index (χ4n) is 1.57. The third kappa shape index (κ3) is 2.63. The number of aliphatic hydroxyl groups excluding tert-OH is 1. The molecular formula is C14H13FO2. The summed E-state index contributed by atoms with van der Waals surface area (Å²) in [4.78, 5) is 0. The molecule has 2 aromatic rings. The lowest BCUT2D eigenvalue weighted by molar-refractivity contribution is 0.194. The van der Waals surface area contributed by atoms with Crippen LogP contribution in [0.4, 0.5) is 4.39 Å². The monoisotopic (exact) mass is 232 g/mol.